The van der Waals surface area contributed by atoms with E-state index in [0.29, 0.717) is 11.2 Å². The summed E-state index contributed by atoms with van der Waals surface area (Å²) in [5, 5.41) is 1.02. The first-order valence-electron chi connectivity index (χ1n) is 9.92. The molecule has 0 unspecified atom stereocenters. The molecule has 0 N–H and O–H groups in total. The van der Waals surface area contributed by atoms with Gasteiger partial charge in [-0.25, -0.2) is 0 Å². The molecule has 2 fully saturated rings. The number of hydrogen-bond acceptors (Lipinski definition) is 3. The summed E-state index contributed by atoms with van der Waals surface area (Å²) >= 11 is 0. The number of nitrogens with zero attached hydrogens (tertiary/aromatic N) is 2. The number of carbonyl (C=O) groups excluding carboxylic acids is 1. The summed E-state index contributed by atoms with van der Waals surface area (Å²) in [5.41, 5.74) is 2.45. The first kappa shape index (κ1) is 17.6. The SMILES string of the molecule is Cc1ccc2oc(C(=O)N3CCC4(CCC(N(C)C)CC4)CC3)cc2c1. The van der Waals surface area contributed by atoms with Crippen LogP contribution < -0.4 is 0 Å². The number of aryl methyl sites for hydroxylation is 1. The third-order valence-electron chi connectivity index (χ3n) is 6.74. The Kier molecular flexibility index (Phi) is 4.55. The van der Waals surface area contributed by atoms with Crippen molar-refractivity contribution in [3.63, 3.8) is 0 Å². The van der Waals surface area contributed by atoms with Crippen molar-refractivity contribution in [1.82, 2.24) is 9.80 Å². The van der Waals surface area contributed by atoms with Gasteiger partial charge in [-0.15, -0.1) is 0 Å². The fourth-order valence-corrected chi connectivity index (χ4v) is 4.84. The van der Waals surface area contributed by atoms with E-state index in [1.165, 1.54) is 31.2 Å². The standard InChI is InChI=1S/C22H30N2O2/c1-16-4-5-19-17(14-16)15-20(26-19)21(25)24-12-10-22(11-13-24)8-6-18(7-9-22)23(2)3/h4-5,14-15,18H,6-13H2,1-3H3. The molecule has 2 aliphatic rings. The van der Waals surface area contributed by atoms with Crippen molar-refractivity contribution in [2.24, 2.45) is 5.41 Å². The quantitative estimate of drug-likeness (QED) is 0.798. The highest BCUT2D eigenvalue weighted by Crippen LogP contribution is 2.45. The molecule has 2 heterocycles. The van der Waals surface area contributed by atoms with E-state index in [0.717, 1.165) is 42.9 Å². The van der Waals surface area contributed by atoms with Gasteiger partial charge in [0.1, 0.15) is 5.58 Å². The number of likely N-dealkylation sites (tertiary alicyclic amines) is 1. The Morgan fingerprint density at radius 3 is 2.46 bits per heavy atom. The zero-order valence-corrected chi connectivity index (χ0v) is 16.3. The largest absolute Gasteiger partial charge is 0.451 e. The van der Waals surface area contributed by atoms with Crippen molar-refractivity contribution in [2.45, 2.75) is 51.5 Å². The van der Waals surface area contributed by atoms with Crippen molar-refractivity contribution >= 4 is 16.9 Å². The smallest absolute Gasteiger partial charge is 0.289 e. The summed E-state index contributed by atoms with van der Waals surface area (Å²) in [5.74, 6) is 0.536. The Hall–Kier alpha value is -1.81. The molecule has 4 nitrogen and oxygen atoms in total. The van der Waals surface area contributed by atoms with Gasteiger partial charge in [-0.3, -0.25) is 4.79 Å². The van der Waals surface area contributed by atoms with Gasteiger partial charge in [0.2, 0.25) is 0 Å². The van der Waals surface area contributed by atoms with Crippen LogP contribution in [0.15, 0.2) is 28.7 Å². The number of amides is 1. The second-order valence-corrected chi connectivity index (χ2v) is 8.64. The molecule has 0 atom stereocenters. The molecular weight excluding hydrogens is 324 g/mol. The summed E-state index contributed by atoms with van der Waals surface area (Å²) in [6.07, 6.45) is 7.48. The van der Waals surface area contributed by atoms with Gasteiger partial charge in [0, 0.05) is 24.5 Å². The Balaban J connectivity index is 1.40. The third-order valence-corrected chi connectivity index (χ3v) is 6.74. The Morgan fingerprint density at radius 2 is 1.81 bits per heavy atom. The van der Waals surface area contributed by atoms with Crippen molar-refractivity contribution in [2.75, 3.05) is 27.2 Å². The molecule has 4 rings (SSSR count). The number of piperidine rings is 1. The first-order chi connectivity index (χ1) is 12.5. The van der Waals surface area contributed by atoms with Crippen LogP contribution in [0.5, 0.6) is 0 Å². The van der Waals surface area contributed by atoms with Gasteiger partial charge < -0.3 is 14.2 Å². The molecule has 1 aromatic carbocycles. The van der Waals surface area contributed by atoms with Crippen molar-refractivity contribution in [3.8, 4) is 0 Å². The Bertz CT molecular complexity index is 790. The second kappa shape index (κ2) is 6.73. The highest BCUT2D eigenvalue weighted by Gasteiger charge is 2.39. The van der Waals surface area contributed by atoms with Gasteiger partial charge in [-0.05, 0) is 83.2 Å². The fourth-order valence-electron chi connectivity index (χ4n) is 4.84. The van der Waals surface area contributed by atoms with Crippen LogP contribution in [0.1, 0.15) is 54.6 Å². The molecule has 0 bridgehead atoms. The highest BCUT2D eigenvalue weighted by atomic mass is 16.3. The van der Waals surface area contributed by atoms with Gasteiger partial charge in [0.05, 0.1) is 0 Å². The topological polar surface area (TPSA) is 36.7 Å². The van der Waals surface area contributed by atoms with E-state index in [4.69, 9.17) is 4.42 Å². The molecule has 1 aromatic heterocycles. The lowest BCUT2D eigenvalue weighted by Gasteiger charge is -2.46. The van der Waals surface area contributed by atoms with Crippen LogP contribution in [-0.2, 0) is 0 Å². The second-order valence-electron chi connectivity index (χ2n) is 8.64. The number of furan rings is 1. The van der Waals surface area contributed by atoms with E-state index in [2.05, 4.69) is 32.0 Å². The van der Waals surface area contributed by atoms with Crippen LogP contribution in [-0.4, -0.2) is 48.9 Å². The van der Waals surface area contributed by atoms with Gasteiger partial charge in [0.25, 0.3) is 5.91 Å². The maximum atomic E-state index is 12.9. The molecule has 1 spiro atoms. The summed E-state index contributed by atoms with van der Waals surface area (Å²) < 4.78 is 5.82. The lowest BCUT2D eigenvalue weighted by atomic mass is 9.67. The molecule has 1 saturated carbocycles. The number of fused-ring (bicyclic) bond motifs is 1. The van der Waals surface area contributed by atoms with Crippen molar-refractivity contribution in [3.05, 3.63) is 35.6 Å². The Labute approximate surface area is 156 Å². The van der Waals surface area contributed by atoms with Crippen molar-refractivity contribution < 1.29 is 9.21 Å². The van der Waals surface area contributed by atoms with E-state index in [1.54, 1.807) is 0 Å². The molecule has 1 saturated heterocycles. The summed E-state index contributed by atoms with van der Waals surface area (Å²) in [6, 6.07) is 8.69. The zero-order valence-electron chi connectivity index (χ0n) is 16.3. The molecule has 26 heavy (non-hydrogen) atoms. The predicted molar refractivity (Wildman–Crippen MR) is 104 cm³/mol. The molecular formula is C22H30N2O2. The van der Waals surface area contributed by atoms with E-state index in [-0.39, 0.29) is 5.91 Å². The van der Waals surface area contributed by atoms with Crippen LogP contribution in [0, 0.1) is 12.3 Å². The number of hydrogen-bond donors (Lipinski definition) is 0. The number of benzene rings is 1. The zero-order chi connectivity index (χ0) is 18.3. The molecule has 1 aliphatic heterocycles. The van der Waals surface area contributed by atoms with E-state index in [1.807, 2.05) is 23.1 Å². The first-order valence-corrected chi connectivity index (χ1v) is 9.92. The molecule has 1 amide bonds. The normalized spacial score (nSPS) is 21.0. The average molecular weight is 354 g/mol. The monoisotopic (exact) mass is 354 g/mol. The maximum Gasteiger partial charge on any atom is 0.289 e. The number of carbonyl (C=O) groups is 1. The summed E-state index contributed by atoms with van der Waals surface area (Å²) in [6.45, 7) is 3.78. The lowest BCUT2D eigenvalue weighted by Crippen LogP contribution is -2.46. The van der Waals surface area contributed by atoms with Crippen LogP contribution in [0.2, 0.25) is 0 Å². The van der Waals surface area contributed by atoms with E-state index >= 15 is 0 Å². The summed E-state index contributed by atoms with van der Waals surface area (Å²) in [4.78, 5) is 17.3. The molecule has 2 aromatic rings. The van der Waals surface area contributed by atoms with Crippen LogP contribution in [0.25, 0.3) is 11.0 Å². The van der Waals surface area contributed by atoms with E-state index in [9.17, 15) is 4.79 Å². The third kappa shape index (κ3) is 3.27. The minimum atomic E-state index is 0.0516. The average Bonchev–Trinajstić information content (AvgIpc) is 3.05. The van der Waals surface area contributed by atoms with Gasteiger partial charge in [-0.1, -0.05) is 11.6 Å². The van der Waals surface area contributed by atoms with Crippen LogP contribution in [0.4, 0.5) is 0 Å². The summed E-state index contributed by atoms with van der Waals surface area (Å²) in [7, 11) is 4.39. The highest BCUT2D eigenvalue weighted by molar-refractivity contribution is 5.96. The van der Waals surface area contributed by atoms with Crippen LogP contribution in [0.3, 0.4) is 0 Å². The molecule has 1 aliphatic carbocycles. The molecule has 4 heteroatoms. The number of rotatable bonds is 2. The minimum absolute atomic E-state index is 0.0516. The molecule has 0 radical (unpaired) electrons. The van der Waals surface area contributed by atoms with Crippen LogP contribution >= 0.6 is 0 Å². The maximum absolute atomic E-state index is 12.9. The van der Waals surface area contributed by atoms with Crippen molar-refractivity contribution in [1.29, 1.82) is 0 Å². The molecule has 140 valence electrons. The lowest BCUT2D eigenvalue weighted by molar-refractivity contribution is 0.0339. The van der Waals surface area contributed by atoms with Gasteiger partial charge >= 0.3 is 0 Å². The predicted octanol–water partition coefficient (Wildman–Crippen LogP) is 4.47. The van der Waals surface area contributed by atoms with E-state index < -0.39 is 0 Å². The Morgan fingerprint density at radius 1 is 1.12 bits per heavy atom. The van der Waals surface area contributed by atoms with Gasteiger partial charge in [0.15, 0.2) is 5.76 Å². The fraction of sp³-hybridized carbons (Fsp3) is 0.591. The van der Waals surface area contributed by atoms with Gasteiger partial charge in [-0.2, -0.15) is 0 Å². The minimum Gasteiger partial charge on any atom is -0.451 e.